The van der Waals surface area contributed by atoms with Gasteiger partial charge < -0.3 is 15.0 Å². The van der Waals surface area contributed by atoms with Crippen molar-refractivity contribution in [3.63, 3.8) is 0 Å². The fraction of sp³-hybridized carbons (Fsp3) is 0.421. The summed E-state index contributed by atoms with van der Waals surface area (Å²) in [7, 11) is 0. The monoisotopic (exact) mass is 390 g/mol. The average molecular weight is 390 g/mol. The maximum absolute atomic E-state index is 13.0. The lowest BCUT2D eigenvalue weighted by Gasteiger charge is -2.28. The van der Waals surface area contributed by atoms with Crippen molar-refractivity contribution < 1.29 is 13.9 Å². The van der Waals surface area contributed by atoms with E-state index in [-0.39, 0.29) is 12.5 Å². The minimum absolute atomic E-state index is 0.199. The van der Waals surface area contributed by atoms with Gasteiger partial charge in [-0.2, -0.15) is 0 Å². The average Bonchev–Trinajstić information content (AvgIpc) is 2.68. The summed E-state index contributed by atoms with van der Waals surface area (Å²) >= 11 is 1.55. The Morgan fingerprint density at radius 3 is 2.81 bits per heavy atom. The number of halogens is 1. The molecule has 0 radical (unpaired) electrons. The van der Waals surface area contributed by atoms with Crippen molar-refractivity contribution in [2.24, 2.45) is 0 Å². The molecule has 3 rings (SSSR count). The molecule has 0 saturated carbocycles. The molecule has 6 nitrogen and oxygen atoms in total. The molecule has 8 heteroatoms. The highest BCUT2D eigenvalue weighted by Gasteiger charge is 2.20. The van der Waals surface area contributed by atoms with Crippen LogP contribution in [0.25, 0.3) is 0 Å². The molecule has 0 atom stereocenters. The van der Waals surface area contributed by atoms with Crippen LogP contribution in [0.1, 0.15) is 28.5 Å². The van der Waals surface area contributed by atoms with E-state index in [2.05, 4.69) is 15.2 Å². The topological polar surface area (TPSA) is 67.4 Å². The summed E-state index contributed by atoms with van der Waals surface area (Å²) in [6.45, 7) is 7.16. The second-order valence-electron chi connectivity index (χ2n) is 6.16. The van der Waals surface area contributed by atoms with E-state index in [1.165, 1.54) is 6.07 Å². The van der Waals surface area contributed by atoms with Crippen molar-refractivity contribution >= 4 is 23.5 Å². The van der Waals surface area contributed by atoms with Gasteiger partial charge in [-0.15, -0.1) is 11.8 Å². The fourth-order valence-electron chi connectivity index (χ4n) is 2.87. The first-order chi connectivity index (χ1) is 13.1. The highest BCUT2D eigenvalue weighted by atomic mass is 32.2. The molecule has 3 heterocycles. The molecule has 1 saturated heterocycles. The Bertz CT molecular complexity index is 795. The molecule has 2 aromatic heterocycles. The Balaban J connectivity index is 1.79. The SMILES string of the molecule is CCSc1nc(N2CCOCC2)cc(C)c1C(=O)NCc1ccc(F)cn1. The molecule has 0 unspecified atom stereocenters. The third kappa shape index (κ3) is 4.95. The first-order valence-electron chi connectivity index (χ1n) is 8.94. The Morgan fingerprint density at radius 1 is 1.37 bits per heavy atom. The molecule has 2 aromatic rings. The number of pyridine rings is 2. The van der Waals surface area contributed by atoms with Crippen LogP contribution in [0.5, 0.6) is 0 Å². The Kier molecular flexibility index (Phi) is 6.63. The van der Waals surface area contributed by atoms with E-state index < -0.39 is 5.82 Å². The summed E-state index contributed by atoms with van der Waals surface area (Å²) in [5.41, 5.74) is 2.07. The number of ether oxygens (including phenoxy) is 1. The number of rotatable bonds is 6. The number of anilines is 1. The number of aryl methyl sites for hydroxylation is 1. The summed E-state index contributed by atoms with van der Waals surface area (Å²) in [5.74, 6) is 1.10. The van der Waals surface area contributed by atoms with Crippen LogP contribution in [-0.2, 0) is 11.3 Å². The van der Waals surface area contributed by atoms with Crippen molar-refractivity contribution in [3.05, 3.63) is 47.0 Å². The third-order valence-corrected chi connectivity index (χ3v) is 5.09. The normalized spacial score (nSPS) is 14.3. The van der Waals surface area contributed by atoms with Gasteiger partial charge in [0.1, 0.15) is 16.7 Å². The first kappa shape index (κ1) is 19.6. The summed E-state index contributed by atoms with van der Waals surface area (Å²) < 4.78 is 18.4. The van der Waals surface area contributed by atoms with Crippen LogP contribution in [0.3, 0.4) is 0 Å². The fourth-order valence-corrected chi connectivity index (χ4v) is 3.70. The van der Waals surface area contributed by atoms with Gasteiger partial charge in [-0.25, -0.2) is 9.37 Å². The number of hydrogen-bond donors (Lipinski definition) is 1. The van der Waals surface area contributed by atoms with E-state index >= 15 is 0 Å². The lowest BCUT2D eigenvalue weighted by molar-refractivity contribution is 0.0946. The van der Waals surface area contributed by atoms with Crippen molar-refractivity contribution in [2.45, 2.75) is 25.4 Å². The largest absolute Gasteiger partial charge is 0.378 e. The van der Waals surface area contributed by atoms with Crippen LogP contribution in [0.15, 0.2) is 29.4 Å². The zero-order valence-electron chi connectivity index (χ0n) is 15.5. The molecule has 1 amide bonds. The van der Waals surface area contributed by atoms with E-state index in [4.69, 9.17) is 9.72 Å². The van der Waals surface area contributed by atoms with Gasteiger partial charge in [0.25, 0.3) is 5.91 Å². The second-order valence-corrected chi connectivity index (χ2v) is 7.41. The number of amides is 1. The molecule has 1 aliphatic rings. The van der Waals surface area contributed by atoms with Crippen LogP contribution in [0.4, 0.5) is 10.2 Å². The number of nitrogens with one attached hydrogen (secondary N) is 1. The smallest absolute Gasteiger partial charge is 0.254 e. The van der Waals surface area contributed by atoms with Gasteiger partial charge in [0.05, 0.1) is 37.2 Å². The zero-order valence-corrected chi connectivity index (χ0v) is 16.3. The molecule has 0 aliphatic carbocycles. The van der Waals surface area contributed by atoms with Crippen molar-refractivity contribution in [1.82, 2.24) is 15.3 Å². The maximum atomic E-state index is 13.0. The second kappa shape index (κ2) is 9.14. The maximum Gasteiger partial charge on any atom is 0.254 e. The molecular weight excluding hydrogens is 367 g/mol. The van der Waals surface area contributed by atoms with Crippen LogP contribution in [0.2, 0.25) is 0 Å². The van der Waals surface area contributed by atoms with Gasteiger partial charge in [-0.05, 0) is 36.4 Å². The minimum atomic E-state index is -0.398. The predicted molar refractivity (Wildman–Crippen MR) is 104 cm³/mol. The van der Waals surface area contributed by atoms with Gasteiger partial charge in [-0.3, -0.25) is 9.78 Å². The van der Waals surface area contributed by atoms with Gasteiger partial charge in [0.15, 0.2) is 0 Å². The Morgan fingerprint density at radius 2 is 2.15 bits per heavy atom. The number of thioether (sulfide) groups is 1. The van der Waals surface area contributed by atoms with Crippen LogP contribution in [0, 0.1) is 12.7 Å². The quantitative estimate of drug-likeness (QED) is 0.765. The van der Waals surface area contributed by atoms with E-state index in [0.717, 1.165) is 41.4 Å². The van der Waals surface area contributed by atoms with E-state index in [9.17, 15) is 9.18 Å². The summed E-state index contributed by atoms with van der Waals surface area (Å²) in [6, 6.07) is 4.84. The number of aromatic nitrogens is 2. The number of carbonyl (C=O) groups excluding carboxylic acids is 1. The number of morpholine rings is 1. The molecular formula is C19H23FN4O2S. The van der Waals surface area contributed by atoms with E-state index in [1.807, 2.05) is 19.9 Å². The third-order valence-electron chi connectivity index (χ3n) is 4.23. The Hall–Kier alpha value is -2.19. The molecule has 0 aromatic carbocycles. The van der Waals surface area contributed by atoms with Crippen LogP contribution in [-0.4, -0.2) is 47.9 Å². The molecule has 27 heavy (non-hydrogen) atoms. The van der Waals surface area contributed by atoms with E-state index in [1.54, 1.807) is 17.8 Å². The lowest BCUT2D eigenvalue weighted by Crippen LogP contribution is -2.37. The van der Waals surface area contributed by atoms with Gasteiger partial charge >= 0.3 is 0 Å². The summed E-state index contributed by atoms with van der Waals surface area (Å²) in [5, 5.41) is 3.59. The lowest BCUT2D eigenvalue weighted by atomic mass is 10.1. The molecule has 144 valence electrons. The standard InChI is InChI=1S/C19H23FN4O2S/c1-3-27-19-17(18(25)22-12-15-5-4-14(20)11-21-15)13(2)10-16(23-19)24-6-8-26-9-7-24/h4-5,10-11H,3,6-9,12H2,1-2H3,(H,22,25). The molecule has 1 fully saturated rings. The van der Waals surface area contributed by atoms with Gasteiger partial charge in [0.2, 0.25) is 0 Å². The zero-order chi connectivity index (χ0) is 19.2. The highest BCUT2D eigenvalue weighted by molar-refractivity contribution is 7.99. The number of nitrogens with zero attached hydrogens (tertiary/aromatic N) is 3. The molecule has 1 N–H and O–H groups in total. The highest BCUT2D eigenvalue weighted by Crippen LogP contribution is 2.28. The van der Waals surface area contributed by atoms with Crippen molar-refractivity contribution in [2.75, 3.05) is 37.0 Å². The van der Waals surface area contributed by atoms with Gasteiger partial charge in [0, 0.05) is 13.1 Å². The van der Waals surface area contributed by atoms with Crippen LogP contribution >= 0.6 is 11.8 Å². The Labute approximate surface area is 162 Å². The summed E-state index contributed by atoms with van der Waals surface area (Å²) in [4.78, 5) is 23.7. The molecule has 0 spiro atoms. The minimum Gasteiger partial charge on any atom is -0.378 e. The van der Waals surface area contributed by atoms with Crippen molar-refractivity contribution in [3.8, 4) is 0 Å². The van der Waals surface area contributed by atoms with Gasteiger partial charge in [-0.1, -0.05) is 6.92 Å². The summed E-state index contributed by atoms with van der Waals surface area (Å²) in [6.07, 6.45) is 1.14. The van der Waals surface area contributed by atoms with Crippen molar-refractivity contribution in [1.29, 1.82) is 0 Å². The molecule has 0 bridgehead atoms. The first-order valence-corrected chi connectivity index (χ1v) is 9.92. The number of carbonyl (C=O) groups is 1. The van der Waals surface area contributed by atoms with E-state index in [0.29, 0.717) is 24.5 Å². The predicted octanol–water partition coefficient (Wildman–Crippen LogP) is 2.80. The van der Waals surface area contributed by atoms with Crippen LogP contribution < -0.4 is 10.2 Å². The molecule has 1 aliphatic heterocycles. The number of hydrogen-bond acceptors (Lipinski definition) is 6.